The van der Waals surface area contributed by atoms with Crippen LogP contribution in [0.15, 0.2) is 42.9 Å². The molecule has 4 heterocycles. The van der Waals surface area contributed by atoms with Gasteiger partial charge in [0.05, 0.1) is 12.8 Å². The summed E-state index contributed by atoms with van der Waals surface area (Å²) in [6.07, 6.45) is 5.75. The normalized spacial score (nSPS) is 13.4. The van der Waals surface area contributed by atoms with E-state index in [4.69, 9.17) is 4.74 Å². The van der Waals surface area contributed by atoms with Gasteiger partial charge in [-0.3, -0.25) is 4.98 Å². The van der Waals surface area contributed by atoms with Crippen molar-refractivity contribution in [2.24, 2.45) is 0 Å². The molecule has 0 spiro atoms. The van der Waals surface area contributed by atoms with Gasteiger partial charge in [0.25, 0.3) is 0 Å². The number of fused-ring (bicyclic) bond motifs is 1. The van der Waals surface area contributed by atoms with Crippen molar-refractivity contribution in [1.29, 1.82) is 0 Å². The zero-order valence-electron chi connectivity index (χ0n) is 13.7. The molecule has 25 heavy (non-hydrogen) atoms. The van der Waals surface area contributed by atoms with Crippen LogP contribution in [0, 0.1) is 5.82 Å². The first-order chi connectivity index (χ1) is 12.3. The Morgan fingerprint density at radius 3 is 2.84 bits per heavy atom. The Hall–Kier alpha value is -3.09. The lowest BCUT2D eigenvalue weighted by Crippen LogP contribution is -2.32. The van der Waals surface area contributed by atoms with E-state index in [-0.39, 0.29) is 5.75 Å². The molecule has 0 N–H and O–H groups in total. The summed E-state index contributed by atoms with van der Waals surface area (Å²) in [4.78, 5) is 19.4. The number of hydrogen-bond acceptors (Lipinski definition) is 6. The van der Waals surface area contributed by atoms with Crippen molar-refractivity contribution in [2.45, 2.75) is 13.0 Å². The number of pyridine rings is 2. The maximum Gasteiger partial charge on any atom is 0.207 e. The summed E-state index contributed by atoms with van der Waals surface area (Å²) >= 11 is 0. The zero-order valence-corrected chi connectivity index (χ0v) is 13.7. The number of hydrogen-bond donors (Lipinski definition) is 0. The zero-order chi connectivity index (χ0) is 17.2. The van der Waals surface area contributed by atoms with Gasteiger partial charge in [-0.05, 0) is 12.1 Å². The number of aromatic nitrogens is 4. The van der Waals surface area contributed by atoms with Gasteiger partial charge < -0.3 is 9.64 Å². The van der Waals surface area contributed by atoms with Gasteiger partial charge in [-0.1, -0.05) is 6.07 Å². The molecule has 3 aromatic heterocycles. The van der Waals surface area contributed by atoms with Crippen LogP contribution in [0.3, 0.4) is 0 Å². The molecule has 7 heteroatoms. The van der Waals surface area contributed by atoms with E-state index in [1.54, 1.807) is 18.6 Å². The Labute approximate surface area is 144 Å². The summed E-state index contributed by atoms with van der Waals surface area (Å²) in [5, 5.41) is 0. The van der Waals surface area contributed by atoms with Crippen molar-refractivity contribution in [3.05, 3.63) is 59.9 Å². The summed E-state index contributed by atoms with van der Waals surface area (Å²) in [7, 11) is 1.45. The lowest BCUT2D eigenvalue weighted by atomic mass is 10.1. The SMILES string of the molecule is COc1ccnc(N2CCc3nc(-c4ccccn4)ncc3C2)c1F. The molecule has 0 saturated carbocycles. The Balaban J connectivity index is 1.62. The quantitative estimate of drug-likeness (QED) is 0.732. The number of halogens is 1. The van der Waals surface area contributed by atoms with E-state index in [2.05, 4.69) is 19.9 Å². The average Bonchev–Trinajstić information content (AvgIpc) is 2.68. The Kier molecular flexibility index (Phi) is 3.97. The minimum Gasteiger partial charge on any atom is -0.493 e. The smallest absolute Gasteiger partial charge is 0.207 e. The lowest BCUT2D eigenvalue weighted by Gasteiger charge is -2.29. The molecule has 0 bridgehead atoms. The van der Waals surface area contributed by atoms with Crippen molar-refractivity contribution in [2.75, 3.05) is 18.6 Å². The fraction of sp³-hybridized carbons (Fsp3) is 0.222. The van der Waals surface area contributed by atoms with E-state index in [1.165, 1.54) is 13.2 Å². The molecule has 1 aliphatic heterocycles. The highest BCUT2D eigenvalue weighted by molar-refractivity contribution is 5.51. The average molecular weight is 337 g/mol. The molecular formula is C18H16FN5O. The fourth-order valence-corrected chi connectivity index (χ4v) is 2.91. The fourth-order valence-electron chi connectivity index (χ4n) is 2.91. The maximum absolute atomic E-state index is 14.5. The highest BCUT2D eigenvalue weighted by Gasteiger charge is 2.23. The third kappa shape index (κ3) is 2.88. The molecule has 1 aliphatic rings. The van der Waals surface area contributed by atoms with E-state index in [0.717, 1.165) is 17.0 Å². The van der Waals surface area contributed by atoms with Gasteiger partial charge in [-0.2, -0.15) is 4.39 Å². The first-order valence-electron chi connectivity index (χ1n) is 7.96. The van der Waals surface area contributed by atoms with Crippen LogP contribution in [-0.4, -0.2) is 33.6 Å². The Bertz CT molecular complexity index is 903. The summed E-state index contributed by atoms with van der Waals surface area (Å²) < 4.78 is 19.5. The van der Waals surface area contributed by atoms with E-state index in [9.17, 15) is 4.39 Å². The lowest BCUT2D eigenvalue weighted by molar-refractivity contribution is 0.384. The monoisotopic (exact) mass is 337 g/mol. The highest BCUT2D eigenvalue weighted by Crippen LogP contribution is 2.29. The maximum atomic E-state index is 14.5. The van der Waals surface area contributed by atoms with Gasteiger partial charge in [0.2, 0.25) is 5.82 Å². The molecule has 0 aliphatic carbocycles. The van der Waals surface area contributed by atoms with Gasteiger partial charge in [-0.15, -0.1) is 0 Å². The van der Waals surface area contributed by atoms with Crippen LogP contribution in [0.1, 0.15) is 11.3 Å². The Morgan fingerprint density at radius 1 is 1.12 bits per heavy atom. The van der Waals surface area contributed by atoms with Crippen LogP contribution in [-0.2, 0) is 13.0 Å². The first kappa shape index (κ1) is 15.4. The molecule has 4 rings (SSSR count). The van der Waals surface area contributed by atoms with E-state index >= 15 is 0 Å². The Morgan fingerprint density at radius 2 is 2.04 bits per heavy atom. The molecule has 0 fully saturated rings. The van der Waals surface area contributed by atoms with Crippen molar-refractivity contribution in [3.8, 4) is 17.3 Å². The van der Waals surface area contributed by atoms with E-state index in [1.807, 2.05) is 23.1 Å². The summed E-state index contributed by atoms with van der Waals surface area (Å²) in [5.74, 6) is 0.648. The van der Waals surface area contributed by atoms with Gasteiger partial charge in [0.1, 0.15) is 5.69 Å². The van der Waals surface area contributed by atoms with Gasteiger partial charge in [0.15, 0.2) is 17.4 Å². The summed E-state index contributed by atoms with van der Waals surface area (Å²) in [6, 6.07) is 7.16. The largest absolute Gasteiger partial charge is 0.493 e. The summed E-state index contributed by atoms with van der Waals surface area (Å²) in [6.45, 7) is 1.14. The van der Waals surface area contributed by atoms with E-state index in [0.29, 0.717) is 31.2 Å². The van der Waals surface area contributed by atoms with Crippen LogP contribution in [0.4, 0.5) is 10.2 Å². The molecule has 0 unspecified atom stereocenters. The third-order valence-electron chi connectivity index (χ3n) is 4.18. The van der Waals surface area contributed by atoms with Crippen LogP contribution in [0.2, 0.25) is 0 Å². The standard InChI is InChI=1S/C18H16FN5O/c1-25-15-5-8-21-18(16(15)19)24-9-6-13-12(11-24)10-22-17(23-13)14-4-2-3-7-20-14/h2-5,7-8,10H,6,9,11H2,1H3. The number of methoxy groups -OCH3 is 1. The molecule has 0 radical (unpaired) electrons. The minimum atomic E-state index is -0.445. The molecule has 126 valence electrons. The predicted octanol–water partition coefficient (Wildman–Crippen LogP) is 2.64. The van der Waals surface area contributed by atoms with Gasteiger partial charge in [0, 0.05) is 49.7 Å². The molecule has 3 aromatic rings. The van der Waals surface area contributed by atoms with Crippen LogP contribution < -0.4 is 9.64 Å². The van der Waals surface area contributed by atoms with Crippen molar-refractivity contribution >= 4 is 5.82 Å². The summed E-state index contributed by atoms with van der Waals surface area (Å²) in [5.41, 5.74) is 2.68. The second-order valence-corrected chi connectivity index (χ2v) is 5.70. The highest BCUT2D eigenvalue weighted by atomic mass is 19.1. The van der Waals surface area contributed by atoms with Crippen molar-refractivity contribution in [1.82, 2.24) is 19.9 Å². The van der Waals surface area contributed by atoms with Gasteiger partial charge >= 0.3 is 0 Å². The number of rotatable bonds is 3. The topological polar surface area (TPSA) is 64.0 Å². The predicted molar refractivity (Wildman–Crippen MR) is 90.8 cm³/mol. The van der Waals surface area contributed by atoms with Crippen LogP contribution in [0.5, 0.6) is 5.75 Å². The number of ether oxygens (including phenoxy) is 1. The van der Waals surface area contributed by atoms with Crippen molar-refractivity contribution < 1.29 is 9.13 Å². The third-order valence-corrected chi connectivity index (χ3v) is 4.18. The molecule has 0 aromatic carbocycles. The molecule has 6 nitrogen and oxygen atoms in total. The van der Waals surface area contributed by atoms with Crippen molar-refractivity contribution in [3.63, 3.8) is 0 Å². The molecule has 0 amide bonds. The second-order valence-electron chi connectivity index (χ2n) is 5.70. The number of nitrogens with zero attached hydrogens (tertiary/aromatic N) is 5. The molecule has 0 atom stereocenters. The minimum absolute atomic E-state index is 0.192. The number of anilines is 1. The molecule has 0 saturated heterocycles. The van der Waals surface area contributed by atoms with E-state index < -0.39 is 5.82 Å². The molecular weight excluding hydrogens is 321 g/mol. The second kappa shape index (κ2) is 6.43. The van der Waals surface area contributed by atoms with Gasteiger partial charge in [-0.25, -0.2) is 15.0 Å². The van der Waals surface area contributed by atoms with Crippen LogP contribution in [0.25, 0.3) is 11.5 Å². The first-order valence-corrected chi connectivity index (χ1v) is 7.96. The van der Waals surface area contributed by atoms with Crippen LogP contribution >= 0.6 is 0 Å².